The van der Waals surface area contributed by atoms with Gasteiger partial charge in [0, 0.05) is 12.2 Å². The zero-order chi connectivity index (χ0) is 10.9. The van der Waals surface area contributed by atoms with Crippen LogP contribution < -0.4 is 5.73 Å². The van der Waals surface area contributed by atoms with Crippen molar-refractivity contribution in [3.05, 3.63) is 15.0 Å². The number of aromatic nitrogens is 2. The molecule has 1 aromatic rings. The molecule has 0 spiro atoms. The fourth-order valence-electron chi connectivity index (χ4n) is 1.05. The molecule has 80 valence electrons. The van der Waals surface area contributed by atoms with Crippen molar-refractivity contribution in [1.82, 2.24) is 9.78 Å². The average molecular weight is 319 g/mol. The van der Waals surface area contributed by atoms with E-state index in [1.165, 1.54) is 4.68 Å². The van der Waals surface area contributed by atoms with Gasteiger partial charge in [0.2, 0.25) is 0 Å². The van der Waals surface area contributed by atoms with Gasteiger partial charge in [-0.3, -0.25) is 4.68 Å². The van der Waals surface area contributed by atoms with Crippen LogP contribution in [0.5, 0.6) is 0 Å². The van der Waals surface area contributed by atoms with Gasteiger partial charge in [0.15, 0.2) is 5.69 Å². The maximum atomic E-state index is 12.4. The van der Waals surface area contributed by atoms with E-state index in [0.29, 0.717) is 12.2 Å². The van der Waals surface area contributed by atoms with Crippen LogP contribution in [0.3, 0.4) is 0 Å². The summed E-state index contributed by atoms with van der Waals surface area (Å²) in [6, 6.07) is 0. The second kappa shape index (κ2) is 4.05. The summed E-state index contributed by atoms with van der Waals surface area (Å²) in [6.45, 7) is 2.17. The number of hydrogen-bond donors (Lipinski definition) is 1. The molecule has 0 unspecified atom stereocenters. The Hall–Kier alpha value is -0.310. The molecule has 0 aliphatic heterocycles. The van der Waals surface area contributed by atoms with Crippen molar-refractivity contribution in [2.75, 3.05) is 6.54 Å². The molecular formula is C7H9F3IN3. The van der Waals surface area contributed by atoms with Crippen molar-refractivity contribution in [2.24, 2.45) is 5.73 Å². The number of rotatable bonds is 2. The Bertz CT molecular complexity index is 332. The van der Waals surface area contributed by atoms with Crippen LogP contribution in [-0.2, 0) is 12.7 Å². The molecule has 2 N–H and O–H groups in total. The van der Waals surface area contributed by atoms with Gasteiger partial charge < -0.3 is 5.73 Å². The smallest absolute Gasteiger partial charge is 0.329 e. The lowest BCUT2D eigenvalue weighted by Crippen LogP contribution is -2.13. The highest BCUT2D eigenvalue weighted by Gasteiger charge is 2.37. The van der Waals surface area contributed by atoms with Gasteiger partial charge in [0.25, 0.3) is 0 Å². The summed E-state index contributed by atoms with van der Waals surface area (Å²) in [5, 5.41) is 3.47. The standard InChI is InChI=1S/C7H9F3IN3/c1-4-5(11)6(7(8,9)10)13-14(4)3-2-12/h2-3,12H2,1H3. The van der Waals surface area contributed by atoms with E-state index in [1.807, 2.05) is 0 Å². The van der Waals surface area contributed by atoms with Crippen LogP contribution in [0.25, 0.3) is 0 Å². The van der Waals surface area contributed by atoms with Crippen LogP contribution in [0.2, 0.25) is 0 Å². The molecule has 7 heteroatoms. The van der Waals surface area contributed by atoms with Crippen molar-refractivity contribution >= 4 is 22.6 Å². The lowest BCUT2D eigenvalue weighted by atomic mass is 10.3. The van der Waals surface area contributed by atoms with Gasteiger partial charge in [-0.2, -0.15) is 18.3 Å². The van der Waals surface area contributed by atoms with Crippen LogP contribution in [-0.4, -0.2) is 16.3 Å². The van der Waals surface area contributed by atoms with Crippen molar-refractivity contribution < 1.29 is 13.2 Å². The third-order valence-electron chi connectivity index (χ3n) is 1.74. The summed E-state index contributed by atoms with van der Waals surface area (Å²) < 4.78 is 38.5. The van der Waals surface area contributed by atoms with Gasteiger partial charge in [0.1, 0.15) is 0 Å². The molecule has 0 fully saturated rings. The molecule has 14 heavy (non-hydrogen) atoms. The molecule has 0 bridgehead atoms. The molecule has 0 amide bonds. The summed E-state index contributed by atoms with van der Waals surface area (Å²) in [5.41, 5.74) is 4.93. The van der Waals surface area contributed by atoms with Crippen molar-refractivity contribution in [2.45, 2.75) is 19.6 Å². The Balaban J connectivity index is 3.15. The summed E-state index contributed by atoms with van der Waals surface area (Å²) in [7, 11) is 0. The number of nitrogens with zero attached hydrogens (tertiary/aromatic N) is 2. The van der Waals surface area contributed by atoms with Crippen LogP contribution in [0, 0.1) is 10.5 Å². The first-order valence-corrected chi connectivity index (χ1v) is 4.96. The number of nitrogens with two attached hydrogens (primary N) is 1. The van der Waals surface area contributed by atoms with Crippen molar-refractivity contribution in [3.8, 4) is 0 Å². The summed E-state index contributed by atoms with van der Waals surface area (Å²) in [6.07, 6.45) is -4.39. The fraction of sp³-hybridized carbons (Fsp3) is 0.571. The van der Waals surface area contributed by atoms with Crippen LogP contribution in [0.1, 0.15) is 11.4 Å². The largest absolute Gasteiger partial charge is 0.436 e. The molecule has 0 aliphatic rings. The van der Waals surface area contributed by atoms with Crippen LogP contribution >= 0.6 is 22.6 Å². The normalized spacial score (nSPS) is 12.1. The molecule has 0 saturated heterocycles. The molecule has 0 aliphatic carbocycles. The van der Waals surface area contributed by atoms with E-state index in [2.05, 4.69) is 5.10 Å². The van der Waals surface area contributed by atoms with E-state index in [4.69, 9.17) is 5.73 Å². The maximum absolute atomic E-state index is 12.4. The number of halogens is 4. The quantitative estimate of drug-likeness (QED) is 0.845. The Morgan fingerprint density at radius 1 is 1.50 bits per heavy atom. The molecule has 0 aromatic carbocycles. The fourth-order valence-corrected chi connectivity index (χ4v) is 1.74. The molecule has 1 aromatic heterocycles. The minimum Gasteiger partial charge on any atom is -0.329 e. The van der Waals surface area contributed by atoms with E-state index >= 15 is 0 Å². The Labute approximate surface area is 92.6 Å². The first kappa shape index (κ1) is 11.8. The first-order chi connectivity index (χ1) is 6.38. The third-order valence-corrected chi connectivity index (χ3v) is 3.03. The predicted octanol–water partition coefficient (Wildman–Crippen LogP) is 1.77. The van der Waals surface area contributed by atoms with E-state index < -0.39 is 11.9 Å². The molecule has 0 radical (unpaired) electrons. The molecule has 3 nitrogen and oxygen atoms in total. The molecule has 0 saturated carbocycles. The highest BCUT2D eigenvalue weighted by molar-refractivity contribution is 14.1. The Morgan fingerprint density at radius 3 is 2.43 bits per heavy atom. The molecule has 1 rings (SSSR count). The van der Waals surface area contributed by atoms with E-state index in [1.54, 1.807) is 29.5 Å². The highest BCUT2D eigenvalue weighted by atomic mass is 127. The monoisotopic (exact) mass is 319 g/mol. The SMILES string of the molecule is Cc1c(I)c(C(F)(F)F)nn1CCN. The zero-order valence-corrected chi connectivity index (χ0v) is 9.56. The average Bonchev–Trinajstić information content (AvgIpc) is 2.32. The minimum atomic E-state index is -4.39. The first-order valence-electron chi connectivity index (χ1n) is 3.88. The Kier molecular flexibility index (Phi) is 3.40. The van der Waals surface area contributed by atoms with E-state index in [9.17, 15) is 13.2 Å². The van der Waals surface area contributed by atoms with E-state index in [0.717, 1.165) is 0 Å². The molecular weight excluding hydrogens is 310 g/mol. The Morgan fingerprint density at radius 2 is 2.07 bits per heavy atom. The van der Waals surface area contributed by atoms with Gasteiger partial charge >= 0.3 is 6.18 Å². The van der Waals surface area contributed by atoms with Crippen molar-refractivity contribution in [3.63, 3.8) is 0 Å². The summed E-state index contributed by atoms with van der Waals surface area (Å²) >= 11 is 1.65. The second-order valence-electron chi connectivity index (χ2n) is 2.76. The van der Waals surface area contributed by atoms with Crippen LogP contribution in [0.4, 0.5) is 13.2 Å². The van der Waals surface area contributed by atoms with Gasteiger partial charge in [-0.05, 0) is 29.5 Å². The van der Waals surface area contributed by atoms with Gasteiger partial charge in [-0.15, -0.1) is 0 Å². The number of hydrogen-bond acceptors (Lipinski definition) is 2. The minimum absolute atomic E-state index is 0.142. The third kappa shape index (κ3) is 2.19. The van der Waals surface area contributed by atoms with E-state index in [-0.39, 0.29) is 10.1 Å². The highest BCUT2D eigenvalue weighted by Crippen LogP contribution is 2.32. The lowest BCUT2D eigenvalue weighted by Gasteiger charge is -2.01. The molecule has 0 atom stereocenters. The van der Waals surface area contributed by atoms with Crippen LogP contribution in [0.15, 0.2) is 0 Å². The van der Waals surface area contributed by atoms with Gasteiger partial charge in [-0.25, -0.2) is 0 Å². The maximum Gasteiger partial charge on any atom is 0.436 e. The zero-order valence-electron chi connectivity index (χ0n) is 7.40. The second-order valence-corrected chi connectivity index (χ2v) is 3.84. The molecule has 1 heterocycles. The summed E-state index contributed by atoms with van der Waals surface area (Å²) in [5.74, 6) is 0. The predicted molar refractivity (Wildman–Crippen MR) is 53.7 cm³/mol. The van der Waals surface area contributed by atoms with Gasteiger partial charge in [0.05, 0.1) is 10.1 Å². The number of alkyl halides is 3. The summed E-state index contributed by atoms with van der Waals surface area (Å²) in [4.78, 5) is 0. The van der Waals surface area contributed by atoms with Crippen molar-refractivity contribution in [1.29, 1.82) is 0 Å². The van der Waals surface area contributed by atoms with Gasteiger partial charge in [-0.1, -0.05) is 0 Å². The lowest BCUT2D eigenvalue weighted by molar-refractivity contribution is -0.142. The topological polar surface area (TPSA) is 43.8 Å².